The van der Waals surface area contributed by atoms with E-state index < -0.39 is 0 Å². The minimum Gasteiger partial charge on any atom is -0.469 e. The molecule has 1 atom stereocenters. The first-order valence-corrected chi connectivity index (χ1v) is 5.26. The topological polar surface area (TPSA) is 22.4 Å². The van der Waals surface area contributed by atoms with E-state index in [-0.39, 0.29) is 5.60 Å². The van der Waals surface area contributed by atoms with Crippen LogP contribution in [0.1, 0.15) is 43.9 Å². The number of furan rings is 1. The Kier molecular flexibility index (Phi) is 2.40. The second-order valence-electron chi connectivity index (χ2n) is 4.56. The number of ether oxygens (including phenoxy) is 1. The van der Waals surface area contributed by atoms with Crippen LogP contribution in [-0.4, -0.2) is 12.7 Å². The largest absolute Gasteiger partial charge is 0.469 e. The van der Waals surface area contributed by atoms with E-state index in [4.69, 9.17) is 9.15 Å². The van der Waals surface area contributed by atoms with Crippen LogP contribution in [0.4, 0.5) is 0 Å². The van der Waals surface area contributed by atoms with Crippen LogP contribution in [0.15, 0.2) is 16.7 Å². The number of fused-ring (bicyclic) bond motifs is 1. The van der Waals surface area contributed by atoms with Gasteiger partial charge in [0.15, 0.2) is 0 Å². The molecule has 0 aromatic carbocycles. The third kappa shape index (κ3) is 1.48. The van der Waals surface area contributed by atoms with Crippen molar-refractivity contribution >= 4 is 0 Å². The standard InChI is InChI=1S/C12H18O2/c1-12(2,13-3)10-6-4-5-9-7-8-14-11(9)10/h7-8,10H,4-6H2,1-3H3. The monoisotopic (exact) mass is 194 g/mol. The summed E-state index contributed by atoms with van der Waals surface area (Å²) < 4.78 is 11.1. The van der Waals surface area contributed by atoms with E-state index in [2.05, 4.69) is 19.9 Å². The summed E-state index contributed by atoms with van der Waals surface area (Å²) in [6, 6.07) is 2.09. The van der Waals surface area contributed by atoms with Gasteiger partial charge in [0.2, 0.25) is 0 Å². The van der Waals surface area contributed by atoms with Crippen LogP contribution in [0.5, 0.6) is 0 Å². The summed E-state index contributed by atoms with van der Waals surface area (Å²) in [4.78, 5) is 0. The Morgan fingerprint density at radius 1 is 1.50 bits per heavy atom. The molecule has 0 N–H and O–H groups in total. The molecule has 2 rings (SSSR count). The number of hydrogen-bond acceptors (Lipinski definition) is 2. The molecule has 0 radical (unpaired) electrons. The molecule has 1 aliphatic carbocycles. The number of rotatable bonds is 2. The predicted octanol–water partition coefficient (Wildman–Crippen LogP) is 3.12. The molecule has 2 heteroatoms. The van der Waals surface area contributed by atoms with E-state index in [1.54, 1.807) is 13.4 Å². The molecule has 0 saturated heterocycles. The van der Waals surface area contributed by atoms with E-state index in [9.17, 15) is 0 Å². The molecule has 0 aliphatic heterocycles. The maximum absolute atomic E-state index is 5.58. The average Bonchev–Trinajstić information content (AvgIpc) is 2.64. The first-order valence-electron chi connectivity index (χ1n) is 5.26. The predicted molar refractivity (Wildman–Crippen MR) is 55.5 cm³/mol. The molecule has 0 spiro atoms. The Hall–Kier alpha value is -0.760. The summed E-state index contributed by atoms with van der Waals surface area (Å²) in [6.07, 6.45) is 5.36. The lowest BCUT2D eigenvalue weighted by Crippen LogP contribution is -2.33. The van der Waals surface area contributed by atoms with Gasteiger partial charge in [-0.3, -0.25) is 0 Å². The first-order chi connectivity index (χ1) is 6.65. The number of hydrogen-bond donors (Lipinski definition) is 0. The van der Waals surface area contributed by atoms with Crippen LogP contribution in [0, 0.1) is 0 Å². The van der Waals surface area contributed by atoms with Gasteiger partial charge < -0.3 is 9.15 Å². The Morgan fingerprint density at radius 3 is 3.00 bits per heavy atom. The summed E-state index contributed by atoms with van der Waals surface area (Å²) in [6.45, 7) is 4.27. The van der Waals surface area contributed by atoms with Gasteiger partial charge in [0, 0.05) is 13.0 Å². The van der Waals surface area contributed by atoms with Gasteiger partial charge in [0.25, 0.3) is 0 Å². The fraction of sp³-hybridized carbons (Fsp3) is 0.667. The Bertz CT molecular complexity index is 312. The third-order valence-corrected chi connectivity index (χ3v) is 3.40. The van der Waals surface area contributed by atoms with Gasteiger partial charge in [-0.05, 0) is 44.7 Å². The van der Waals surface area contributed by atoms with Crippen molar-refractivity contribution in [1.29, 1.82) is 0 Å². The minimum atomic E-state index is -0.118. The highest BCUT2D eigenvalue weighted by molar-refractivity contribution is 5.25. The Morgan fingerprint density at radius 2 is 2.29 bits per heavy atom. The summed E-state index contributed by atoms with van der Waals surface area (Å²) in [5, 5.41) is 0. The van der Waals surface area contributed by atoms with Crippen LogP contribution < -0.4 is 0 Å². The summed E-state index contributed by atoms with van der Waals surface area (Å²) in [5.41, 5.74) is 1.25. The van der Waals surface area contributed by atoms with Crippen molar-refractivity contribution < 1.29 is 9.15 Å². The van der Waals surface area contributed by atoms with Gasteiger partial charge in [0.05, 0.1) is 11.9 Å². The van der Waals surface area contributed by atoms with Crippen molar-refractivity contribution in [1.82, 2.24) is 0 Å². The van der Waals surface area contributed by atoms with E-state index in [1.807, 2.05) is 0 Å². The molecule has 1 unspecified atom stereocenters. The zero-order valence-electron chi connectivity index (χ0n) is 9.17. The molecule has 0 bridgehead atoms. The van der Waals surface area contributed by atoms with E-state index in [0.717, 1.165) is 12.2 Å². The van der Waals surface area contributed by atoms with Crippen molar-refractivity contribution in [2.75, 3.05) is 7.11 Å². The average molecular weight is 194 g/mol. The van der Waals surface area contributed by atoms with Gasteiger partial charge in [-0.2, -0.15) is 0 Å². The Balaban J connectivity index is 2.32. The quantitative estimate of drug-likeness (QED) is 0.721. The maximum Gasteiger partial charge on any atom is 0.112 e. The molecule has 2 nitrogen and oxygen atoms in total. The molecule has 0 saturated carbocycles. The molecule has 1 heterocycles. The van der Waals surface area contributed by atoms with Crippen molar-refractivity contribution in [3.63, 3.8) is 0 Å². The Labute approximate surface area is 85.3 Å². The lowest BCUT2D eigenvalue weighted by atomic mass is 9.79. The maximum atomic E-state index is 5.58. The third-order valence-electron chi connectivity index (χ3n) is 3.40. The zero-order valence-corrected chi connectivity index (χ0v) is 9.17. The molecular formula is C12H18O2. The zero-order chi connectivity index (χ0) is 10.2. The van der Waals surface area contributed by atoms with Gasteiger partial charge in [-0.1, -0.05) is 0 Å². The first kappa shape index (κ1) is 9.78. The summed E-state index contributed by atoms with van der Waals surface area (Å²) in [5.74, 6) is 1.55. The van der Waals surface area contributed by atoms with Crippen molar-refractivity contribution in [3.8, 4) is 0 Å². The number of methoxy groups -OCH3 is 1. The van der Waals surface area contributed by atoms with Gasteiger partial charge in [0.1, 0.15) is 5.76 Å². The van der Waals surface area contributed by atoms with E-state index in [1.165, 1.54) is 18.4 Å². The normalized spacial score (nSPS) is 22.1. The minimum absolute atomic E-state index is 0.118. The highest BCUT2D eigenvalue weighted by Gasteiger charge is 2.36. The van der Waals surface area contributed by atoms with E-state index >= 15 is 0 Å². The van der Waals surface area contributed by atoms with Crippen molar-refractivity contribution in [2.45, 2.75) is 44.6 Å². The molecule has 14 heavy (non-hydrogen) atoms. The van der Waals surface area contributed by atoms with Gasteiger partial charge >= 0.3 is 0 Å². The molecular weight excluding hydrogens is 176 g/mol. The van der Waals surface area contributed by atoms with Gasteiger partial charge in [-0.25, -0.2) is 0 Å². The van der Waals surface area contributed by atoms with Gasteiger partial charge in [-0.15, -0.1) is 0 Å². The highest BCUT2D eigenvalue weighted by Crippen LogP contribution is 2.40. The second-order valence-corrected chi connectivity index (χ2v) is 4.56. The summed E-state index contributed by atoms with van der Waals surface area (Å²) >= 11 is 0. The van der Waals surface area contributed by atoms with Crippen LogP contribution in [0.2, 0.25) is 0 Å². The molecule has 0 amide bonds. The lowest BCUT2D eigenvalue weighted by Gasteiger charge is -2.34. The number of aryl methyl sites for hydroxylation is 1. The van der Waals surface area contributed by atoms with Crippen molar-refractivity contribution in [2.24, 2.45) is 0 Å². The van der Waals surface area contributed by atoms with Crippen LogP contribution in [0.25, 0.3) is 0 Å². The van der Waals surface area contributed by atoms with Crippen LogP contribution >= 0.6 is 0 Å². The molecule has 1 aromatic rings. The molecule has 1 aliphatic rings. The second kappa shape index (κ2) is 3.43. The van der Waals surface area contributed by atoms with Crippen LogP contribution in [0.3, 0.4) is 0 Å². The molecule has 78 valence electrons. The fourth-order valence-corrected chi connectivity index (χ4v) is 2.29. The fourth-order valence-electron chi connectivity index (χ4n) is 2.29. The lowest BCUT2D eigenvalue weighted by molar-refractivity contribution is -0.0118. The molecule has 0 fully saturated rings. The van der Waals surface area contributed by atoms with Crippen molar-refractivity contribution in [3.05, 3.63) is 23.7 Å². The smallest absolute Gasteiger partial charge is 0.112 e. The highest BCUT2D eigenvalue weighted by atomic mass is 16.5. The molecule has 1 aromatic heterocycles. The van der Waals surface area contributed by atoms with Crippen LogP contribution in [-0.2, 0) is 11.2 Å². The SMILES string of the molecule is COC(C)(C)C1CCCc2ccoc21. The van der Waals surface area contributed by atoms with E-state index in [0.29, 0.717) is 5.92 Å². The summed E-state index contributed by atoms with van der Waals surface area (Å²) in [7, 11) is 1.78.